The van der Waals surface area contributed by atoms with Gasteiger partial charge in [-0.3, -0.25) is 9.59 Å². The summed E-state index contributed by atoms with van der Waals surface area (Å²) in [6.45, 7) is 0.842. The topological polar surface area (TPSA) is 93.3 Å². The Morgan fingerprint density at radius 3 is 2.68 bits per heavy atom. The quantitative estimate of drug-likeness (QED) is 0.850. The summed E-state index contributed by atoms with van der Waals surface area (Å²) in [7, 11) is 1.91. The third-order valence-corrected chi connectivity index (χ3v) is 6.17. The van der Waals surface area contributed by atoms with Crippen LogP contribution < -0.4 is 5.32 Å². The fourth-order valence-electron chi connectivity index (χ4n) is 4.09. The van der Waals surface area contributed by atoms with Gasteiger partial charge in [0.2, 0.25) is 5.91 Å². The molecule has 5 rings (SSSR count). The Kier molecular flexibility index (Phi) is 4.21. The van der Waals surface area contributed by atoms with Crippen LogP contribution in [0.3, 0.4) is 0 Å². The van der Waals surface area contributed by atoms with Gasteiger partial charge in [0.15, 0.2) is 11.6 Å². The Bertz CT molecular complexity index is 895. The number of nitrogens with zero attached hydrogens (tertiary/aromatic N) is 4. The van der Waals surface area contributed by atoms with Crippen molar-refractivity contribution in [2.45, 2.75) is 50.0 Å². The van der Waals surface area contributed by atoms with Crippen LogP contribution in [0.15, 0.2) is 23.2 Å². The lowest BCUT2D eigenvalue weighted by Gasteiger charge is -2.21. The molecule has 2 atom stereocenters. The zero-order valence-corrected chi connectivity index (χ0v) is 16.0. The van der Waals surface area contributed by atoms with Crippen molar-refractivity contribution in [3.05, 3.63) is 36.1 Å². The van der Waals surface area contributed by atoms with Crippen LogP contribution in [0.2, 0.25) is 0 Å². The number of carbonyl (C=O) groups is 2. The lowest BCUT2D eigenvalue weighted by atomic mass is 9.85. The first-order valence-electron chi connectivity index (χ1n) is 10.1. The van der Waals surface area contributed by atoms with Crippen molar-refractivity contribution in [1.82, 2.24) is 24.8 Å². The van der Waals surface area contributed by atoms with Gasteiger partial charge >= 0.3 is 0 Å². The van der Waals surface area contributed by atoms with Crippen molar-refractivity contribution in [3.8, 4) is 0 Å². The minimum atomic E-state index is -0.294. The van der Waals surface area contributed by atoms with Gasteiger partial charge in [0.1, 0.15) is 6.26 Å². The van der Waals surface area contributed by atoms with E-state index in [2.05, 4.69) is 15.3 Å². The smallest absolute Gasteiger partial charge is 0.275 e. The maximum absolute atomic E-state index is 13.0. The fraction of sp³-hybridized carbons (Fsp3) is 0.600. The molecule has 0 aromatic carbocycles. The van der Waals surface area contributed by atoms with Crippen molar-refractivity contribution >= 4 is 11.8 Å². The zero-order chi connectivity index (χ0) is 19.3. The molecule has 1 N–H and O–H groups in total. The average Bonchev–Trinajstić information content (AvgIpc) is 3.03. The average molecular weight is 383 g/mol. The number of aromatic nitrogens is 3. The van der Waals surface area contributed by atoms with Crippen LogP contribution in [0.25, 0.3) is 0 Å². The summed E-state index contributed by atoms with van der Waals surface area (Å²) in [5.74, 6) is 0.455. The lowest BCUT2D eigenvalue weighted by molar-refractivity contribution is -0.125. The number of carbonyl (C=O) groups excluding carboxylic acids is 2. The molecule has 0 spiro atoms. The van der Waals surface area contributed by atoms with E-state index < -0.39 is 0 Å². The molecule has 3 heterocycles. The molecule has 2 aliphatic carbocycles. The summed E-state index contributed by atoms with van der Waals surface area (Å²) in [6, 6.07) is 0.294. The molecular weight excluding hydrogens is 358 g/mol. The van der Waals surface area contributed by atoms with Gasteiger partial charge in [0.25, 0.3) is 5.91 Å². The van der Waals surface area contributed by atoms with E-state index in [0.717, 1.165) is 31.4 Å². The van der Waals surface area contributed by atoms with Crippen LogP contribution in [0.4, 0.5) is 0 Å². The van der Waals surface area contributed by atoms with Gasteiger partial charge in [0, 0.05) is 44.2 Å². The van der Waals surface area contributed by atoms with E-state index in [4.69, 9.17) is 4.42 Å². The van der Waals surface area contributed by atoms with Gasteiger partial charge in [-0.05, 0) is 25.7 Å². The highest BCUT2D eigenvalue weighted by molar-refractivity contribution is 5.93. The van der Waals surface area contributed by atoms with E-state index in [9.17, 15) is 9.59 Å². The monoisotopic (exact) mass is 383 g/mol. The predicted molar refractivity (Wildman–Crippen MR) is 99.6 cm³/mol. The van der Waals surface area contributed by atoms with Gasteiger partial charge < -0.3 is 19.2 Å². The molecular formula is C20H25N5O3. The molecule has 2 saturated carbocycles. The van der Waals surface area contributed by atoms with E-state index in [1.54, 1.807) is 11.2 Å². The van der Waals surface area contributed by atoms with E-state index >= 15 is 0 Å². The SMILES string of the molecule is Cn1cnc([C@@H]2CN(C(=O)c3coc(C4CCC4)n3)C[C@H]2C(=O)NC2CC2)c1. The van der Waals surface area contributed by atoms with E-state index in [1.165, 1.54) is 12.7 Å². The summed E-state index contributed by atoms with van der Waals surface area (Å²) >= 11 is 0. The van der Waals surface area contributed by atoms with Crippen molar-refractivity contribution in [2.75, 3.05) is 13.1 Å². The molecule has 1 saturated heterocycles. The second kappa shape index (κ2) is 6.76. The third-order valence-electron chi connectivity index (χ3n) is 6.17. The van der Waals surface area contributed by atoms with E-state index in [1.807, 2.05) is 17.8 Å². The highest BCUT2D eigenvalue weighted by atomic mass is 16.3. The molecule has 3 fully saturated rings. The summed E-state index contributed by atoms with van der Waals surface area (Å²) in [6.07, 6.45) is 10.5. The summed E-state index contributed by atoms with van der Waals surface area (Å²) in [5.41, 5.74) is 1.19. The maximum atomic E-state index is 13.0. The summed E-state index contributed by atoms with van der Waals surface area (Å²) in [4.78, 5) is 36.4. The number of rotatable bonds is 5. The number of hydrogen-bond acceptors (Lipinski definition) is 5. The second-order valence-electron chi connectivity index (χ2n) is 8.37. The molecule has 0 bridgehead atoms. The van der Waals surface area contributed by atoms with Crippen molar-refractivity contribution < 1.29 is 14.0 Å². The number of hydrogen-bond donors (Lipinski definition) is 1. The standard InChI is InChI=1S/C20H25N5O3/c1-24-9-16(21-11-24)14-7-25(8-15(14)18(26)22-13-5-6-13)20(27)17-10-28-19(23-17)12-3-2-4-12/h9-15H,2-8H2,1H3,(H,22,26)/t14-,15-/m1/s1. The summed E-state index contributed by atoms with van der Waals surface area (Å²) < 4.78 is 7.42. The van der Waals surface area contributed by atoms with Crippen molar-refractivity contribution in [2.24, 2.45) is 13.0 Å². The van der Waals surface area contributed by atoms with E-state index in [-0.39, 0.29) is 23.7 Å². The van der Waals surface area contributed by atoms with Gasteiger partial charge in [0.05, 0.1) is 17.9 Å². The fourth-order valence-corrected chi connectivity index (χ4v) is 4.09. The Balaban J connectivity index is 1.35. The third kappa shape index (κ3) is 3.21. The first kappa shape index (κ1) is 17.5. The zero-order valence-electron chi connectivity index (χ0n) is 16.0. The molecule has 1 aliphatic heterocycles. The number of likely N-dealkylation sites (tertiary alicyclic amines) is 1. The minimum absolute atomic E-state index is 0.0174. The lowest BCUT2D eigenvalue weighted by Crippen LogP contribution is -2.36. The van der Waals surface area contributed by atoms with Crippen LogP contribution in [0.1, 0.15) is 66.0 Å². The molecule has 28 heavy (non-hydrogen) atoms. The number of nitrogens with one attached hydrogen (secondary N) is 1. The molecule has 2 aromatic heterocycles. The molecule has 8 nitrogen and oxygen atoms in total. The molecule has 8 heteroatoms. The number of amides is 2. The molecule has 0 radical (unpaired) electrons. The van der Waals surface area contributed by atoms with Gasteiger partial charge in [-0.2, -0.15) is 0 Å². The largest absolute Gasteiger partial charge is 0.448 e. The predicted octanol–water partition coefficient (Wildman–Crippen LogP) is 1.81. The normalized spacial score (nSPS) is 25.0. The Morgan fingerprint density at radius 2 is 2.04 bits per heavy atom. The molecule has 2 amide bonds. The molecule has 148 valence electrons. The van der Waals surface area contributed by atoms with Gasteiger partial charge in [-0.15, -0.1) is 0 Å². The minimum Gasteiger partial charge on any atom is -0.448 e. The van der Waals surface area contributed by atoms with Crippen LogP contribution in [-0.2, 0) is 11.8 Å². The maximum Gasteiger partial charge on any atom is 0.275 e. The first-order chi connectivity index (χ1) is 13.6. The Hall–Kier alpha value is -2.64. The number of oxazole rings is 1. The van der Waals surface area contributed by atoms with Gasteiger partial charge in [-0.25, -0.2) is 9.97 Å². The molecule has 3 aliphatic rings. The summed E-state index contributed by atoms with van der Waals surface area (Å²) in [5, 5.41) is 3.09. The Morgan fingerprint density at radius 1 is 1.21 bits per heavy atom. The first-order valence-corrected chi connectivity index (χ1v) is 10.1. The van der Waals surface area contributed by atoms with Crippen LogP contribution in [0.5, 0.6) is 0 Å². The van der Waals surface area contributed by atoms with Crippen LogP contribution in [-0.4, -0.2) is 50.4 Å². The molecule has 0 unspecified atom stereocenters. The number of aryl methyl sites for hydroxylation is 1. The highest BCUT2D eigenvalue weighted by Crippen LogP contribution is 2.37. The second-order valence-corrected chi connectivity index (χ2v) is 8.37. The highest BCUT2D eigenvalue weighted by Gasteiger charge is 2.43. The van der Waals surface area contributed by atoms with Crippen molar-refractivity contribution in [1.29, 1.82) is 0 Å². The Labute approximate surface area is 163 Å². The van der Waals surface area contributed by atoms with Crippen molar-refractivity contribution in [3.63, 3.8) is 0 Å². The molecule has 2 aromatic rings. The number of imidazole rings is 1. The van der Waals surface area contributed by atoms with Gasteiger partial charge in [-0.1, -0.05) is 6.42 Å². The van der Waals surface area contributed by atoms with Crippen LogP contribution in [0, 0.1) is 5.92 Å². The van der Waals surface area contributed by atoms with Crippen LogP contribution >= 0.6 is 0 Å². The van der Waals surface area contributed by atoms with E-state index in [0.29, 0.717) is 36.6 Å².